The van der Waals surface area contributed by atoms with Crippen LogP contribution >= 0.6 is 0 Å². The van der Waals surface area contributed by atoms with E-state index < -0.39 is 0 Å². The van der Waals surface area contributed by atoms with E-state index in [0.717, 1.165) is 17.9 Å². The van der Waals surface area contributed by atoms with Crippen LogP contribution in [-0.4, -0.2) is 16.5 Å². The van der Waals surface area contributed by atoms with Gasteiger partial charge >= 0.3 is 0 Å². The first kappa shape index (κ1) is 9.71. The Balaban J connectivity index is 2.66. The molecule has 70 valence electrons. The second-order valence-corrected chi connectivity index (χ2v) is 2.92. The molecule has 0 aliphatic heterocycles. The van der Waals surface area contributed by atoms with Gasteiger partial charge in [0, 0.05) is 17.9 Å². The van der Waals surface area contributed by atoms with Crippen molar-refractivity contribution in [1.29, 1.82) is 0 Å². The molecule has 1 aromatic heterocycles. The summed E-state index contributed by atoms with van der Waals surface area (Å²) < 4.78 is 0. The standard InChI is InChI=1S/C10H15N3/c1-4-5-6-11-10-12-8(2)7-9(3)13-10/h4-5,7H,6H2,1-3H3,(H,11,12,13). The quantitative estimate of drug-likeness (QED) is 0.718. The Hall–Kier alpha value is -1.38. The van der Waals surface area contributed by atoms with E-state index in [4.69, 9.17) is 0 Å². The Morgan fingerprint density at radius 1 is 1.31 bits per heavy atom. The maximum atomic E-state index is 4.25. The maximum absolute atomic E-state index is 4.25. The molecule has 0 fully saturated rings. The van der Waals surface area contributed by atoms with Crippen molar-refractivity contribution in [2.75, 3.05) is 11.9 Å². The Morgan fingerprint density at radius 2 is 1.92 bits per heavy atom. The third kappa shape index (κ3) is 3.23. The molecule has 0 spiro atoms. The molecule has 0 aliphatic rings. The highest BCUT2D eigenvalue weighted by molar-refractivity contribution is 5.28. The van der Waals surface area contributed by atoms with Gasteiger partial charge in [-0.1, -0.05) is 12.2 Å². The highest BCUT2D eigenvalue weighted by atomic mass is 15.1. The van der Waals surface area contributed by atoms with Crippen LogP contribution < -0.4 is 5.32 Å². The normalized spacial score (nSPS) is 10.7. The van der Waals surface area contributed by atoms with Gasteiger partial charge in [-0.15, -0.1) is 0 Å². The lowest BCUT2D eigenvalue weighted by atomic mass is 10.4. The van der Waals surface area contributed by atoms with Crippen LogP contribution in [0, 0.1) is 13.8 Å². The minimum Gasteiger partial charge on any atom is -0.351 e. The highest BCUT2D eigenvalue weighted by Crippen LogP contribution is 2.02. The fourth-order valence-electron chi connectivity index (χ4n) is 1.07. The smallest absolute Gasteiger partial charge is 0.223 e. The van der Waals surface area contributed by atoms with Crippen molar-refractivity contribution in [1.82, 2.24) is 9.97 Å². The molecule has 1 aromatic rings. The average Bonchev–Trinajstić information content (AvgIpc) is 2.03. The largest absolute Gasteiger partial charge is 0.351 e. The summed E-state index contributed by atoms with van der Waals surface area (Å²) in [4.78, 5) is 8.50. The zero-order valence-corrected chi connectivity index (χ0v) is 8.33. The van der Waals surface area contributed by atoms with Crippen LogP contribution in [0.25, 0.3) is 0 Å². The van der Waals surface area contributed by atoms with E-state index in [-0.39, 0.29) is 0 Å². The molecule has 0 amide bonds. The van der Waals surface area contributed by atoms with Gasteiger partial charge in [0.1, 0.15) is 0 Å². The van der Waals surface area contributed by atoms with Gasteiger partial charge in [-0.2, -0.15) is 0 Å². The molecule has 0 atom stereocenters. The first-order valence-electron chi connectivity index (χ1n) is 4.39. The maximum Gasteiger partial charge on any atom is 0.223 e. The summed E-state index contributed by atoms with van der Waals surface area (Å²) in [6.45, 7) is 6.70. The van der Waals surface area contributed by atoms with Gasteiger partial charge in [0.15, 0.2) is 0 Å². The average molecular weight is 177 g/mol. The molecular weight excluding hydrogens is 162 g/mol. The third-order valence-corrected chi connectivity index (χ3v) is 1.60. The summed E-state index contributed by atoms with van der Waals surface area (Å²) >= 11 is 0. The van der Waals surface area contributed by atoms with Gasteiger partial charge in [0.25, 0.3) is 0 Å². The van der Waals surface area contributed by atoms with Crippen molar-refractivity contribution >= 4 is 5.95 Å². The van der Waals surface area contributed by atoms with E-state index in [9.17, 15) is 0 Å². The zero-order chi connectivity index (χ0) is 9.68. The van der Waals surface area contributed by atoms with Crippen LogP contribution in [0.2, 0.25) is 0 Å². The van der Waals surface area contributed by atoms with Crippen molar-refractivity contribution < 1.29 is 0 Å². The molecular formula is C10H15N3. The van der Waals surface area contributed by atoms with Crippen LogP contribution in [0.15, 0.2) is 18.2 Å². The zero-order valence-electron chi connectivity index (χ0n) is 8.33. The van der Waals surface area contributed by atoms with Crippen LogP contribution in [0.1, 0.15) is 18.3 Å². The van der Waals surface area contributed by atoms with E-state index in [2.05, 4.69) is 15.3 Å². The van der Waals surface area contributed by atoms with Gasteiger partial charge in [-0.05, 0) is 26.8 Å². The summed E-state index contributed by atoms with van der Waals surface area (Å²) in [5.74, 6) is 0.704. The molecule has 0 saturated heterocycles. The summed E-state index contributed by atoms with van der Waals surface area (Å²) in [6, 6.07) is 1.96. The molecule has 13 heavy (non-hydrogen) atoms. The number of aryl methyl sites for hydroxylation is 2. The number of nitrogens with zero attached hydrogens (tertiary/aromatic N) is 2. The predicted molar refractivity (Wildman–Crippen MR) is 54.8 cm³/mol. The van der Waals surface area contributed by atoms with Gasteiger partial charge < -0.3 is 5.32 Å². The van der Waals surface area contributed by atoms with E-state index in [1.807, 2.05) is 39.0 Å². The van der Waals surface area contributed by atoms with Crippen molar-refractivity contribution in [2.24, 2.45) is 0 Å². The monoisotopic (exact) mass is 177 g/mol. The molecule has 3 nitrogen and oxygen atoms in total. The van der Waals surface area contributed by atoms with E-state index >= 15 is 0 Å². The van der Waals surface area contributed by atoms with Crippen molar-refractivity contribution in [3.63, 3.8) is 0 Å². The van der Waals surface area contributed by atoms with Crippen molar-refractivity contribution in [2.45, 2.75) is 20.8 Å². The lowest BCUT2D eigenvalue weighted by Crippen LogP contribution is -2.04. The molecule has 0 bridgehead atoms. The van der Waals surface area contributed by atoms with Gasteiger partial charge in [-0.25, -0.2) is 9.97 Å². The summed E-state index contributed by atoms with van der Waals surface area (Å²) in [6.07, 6.45) is 4.02. The lowest BCUT2D eigenvalue weighted by molar-refractivity contribution is 1.04. The molecule has 0 aromatic carbocycles. The summed E-state index contributed by atoms with van der Waals surface area (Å²) in [5.41, 5.74) is 1.99. The third-order valence-electron chi connectivity index (χ3n) is 1.60. The van der Waals surface area contributed by atoms with Crippen molar-refractivity contribution in [3.05, 3.63) is 29.6 Å². The highest BCUT2D eigenvalue weighted by Gasteiger charge is 1.96. The van der Waals surface area contributed by atoms with Gasteiger partial charge in [-0.3, -0.25) is 0 Å². The van der Waals surface area contributed by atoms with Crippen LogP contribution in [0.4, 0.5) is 5.95 Å². The predicted octanol–water partition coefficient (Wildman–Crippen LogP) is 2.08. The second kappa shape index (κ2) is 4.60. The minimum absolute atomic E-state index is 0.704. The Morgan fingerprint density at radius 3 is 2.46 bits per heavy atom. The number of aromatic nitrogens is 2. The number of hydrogen-bond donors (Lipinski definition) is 1. The summed E-state index contributed by atoms with van der Waals surface area (Å²) in [7, 11) is 0. The fourth-order valence-corrected chi connectivity index (χ4v) is 1.07. The topological polar surface area (TPSA) is 37.8 Å². The molecule has 0 radical (unpaired) electrons. The number of hydrogen-bond acceptors (Lipinski definition) is 3. The van der Waals surface area contributed by atoms with E-state index in [0.29, 0.717) is 5.95 Å². The van der Waals surface area contributed by atoms with Crippen LogP contribution in [-0.2, 0) is 0 Å². The van der Waals surface area contributed by atoms with Crippen LogP contribution in [0.3, 0.4) is 0 Å². The van der Waals surface area contributed by atoms with E-state index in [1.54, 1.807) is 0 Å². The van der Waals surface area contributed by atoms with Crippen LogP contribution in [0.5, 0.6) is 0 Å². The van der Waals surface area contributed by atoms with Gasteiger partial charge in [0.2, 0.25) is 5.95 Å². The molecule has 3 heteroatoms. The van der Waals surface area contributed by atoms with E-state index in [1.165, 1.54) is 0 Å². The number of rotatable bonds is 3. The summed E-state index contributed by atoms with van der Waals surface area (Å²) in [5, 5.41) is 3.12. The molecule has 1 N–H and O–H groups in total. The molecule has 1 rings (SSSR count). The van der Waals surface area contributed by atoms with Crippen molar-refractivity contribution in [3.8, 4) is 0 Å². The second-order valence-electron chi connectivity index (χ2n) is 2.92. The SMILES string of the molecule is CC=CCNc1nc(C)cc(C)n1. The Kier molecular flexibility index (Phi) is 3.43. The number of anilines is 1. The number of nitrogens with one attached hydrogen (secondary N) is 1. The lowest BCUT2D eigenvalue weighted by Gasteiger charge is -2.03. The Labute approximate surface area is 78.9 Å². The molecule has 1 heterocycles. The molecule has 0 unspecified atom stereocenters. The minimum atomic E-state index is 0.704. The first-order valence-corrected chi connectivity index (χ1v) is 4.39. The molecule has 0 saturated carbocycles. The first-order chi connectivity index (χ1) is 6.22. The fraction of sp³-hybridized carbons (Fsp3) is 0.400. The number of allylic oxidation sites excluding steroid dienone is 1. The van der Waals surface area contributed by atoms with Gasteiger partial charge in [0.05, 0.1) is 0 Å². The Bertz CT molecular complexity index is 285. The molecule has 0 aliphatic carbocycles.